The first-order valence-electron chi connectivity index (χ1n) is 21.9. The molecule has 63 heavy (non-hydrogen) atoms. The van der Waals surface area contributed by atoms with E-state index in [0.29, 0.717) is 0 Å². The fraction of sp³-hybridized carbons (Fsp3) is 0.0492. The van der Waals surface area contributed by atoms with Gasteiger partial charge in [-0.25, -0.2) is 0 Å². The lowest BCUT2D eigenvalue weighted by Crippen LogP contribution is -2.17. The van der Waals surface area contributed by atoms with Crippen molar-refractivity contribution in [2.45, 2.75) is 19.3 Å². The van der Waals surface area contributed by atoms with Crippen LogP contribution in [-0.2, 0) is 5.41 Å². The van der Waals surface area contributed by atoms with Gasteiger partial charge in [-0.3, -0.25) is 0 Å². The second-order valence-electron chi connectivity index (χ2n) is 17.4. The summed E-state index contributed by atoms with van der Waals surface area (Å²) in [6.07, 6.45) is 0. The molecule has 0 saturated heterocycles. The van der Waals surface area contributed by atoms with E-state index in [0.717, 1.165) is 17.1 Å². The predicted molar refractivity (Wildman–Crippen MR) is 267 cm³/mol. The smallest absolute Gasteiger partial charge is 0.0541 e. The minimum absolute atomic E-state index is 0.237. The maximum Gasteiger partial charge on any atom is 0.0541 e. The summed E-state index contributed by atoms with van der Waals surface area (Å²) in [7, 11) is 0. The van der Waals surface area contributed by atoms with Crippen LogP contribution in [0.15, 0.2) is 231 Å². The highest BCUT2D eigenvalue weighted by Gasteiger charge is 2.36. The van der Waals surface area contributed by atoms with Crippen molar-refractivity contribution in [1.29, 1.82) is 0 Å². The fourth-order valence-corrected chi connectivity index (χ4v) is 10.2. The number of hydrogen-bond donors (Lipinski definition) is 0. The van der Waals surface area contributed by atoms with Crippen LogP contribution in [0, 0.1) is 0 Å². The maximum atomic E-state index is 2.44. The summed E-state index contributed by atoms with van der Waals surface area (Å²) in [5, 5.41) is 5.06. The Balaban J connectivity index is 0.978. The lowest BCUT2D eigenvalue weighted by molar-refractivity contribution is 0.660. The van der Waals surface area contributed by atoms with Crippen LogP contribution >= 0.6 is 0 Å². The first-order valence-corrected chi connectivity index (χ1v) is 21.9. The van der Waals surface area contributed by atoms with E-state index in [1.807, 2.05) is 0 Å². The van der Waals surface area contributed by atoms with E-state index in [4.69, 9.17) is 0 Å². The Morgan fingerprint density at radius 3 is 1.60 bits per heavy atom. The van der Waals surface area contributed by atoms with Crippen LogP contribution in [0.2, 0.25) is 0 Å². The summed E-state index contributed by atoms with van der Waals surface area (Å²) < 4.78 is 2.43. The molecule has 0 unspecified atom stereocenters. The average molecular weight is 805 g/mol. The van der Waals surface area contributed by atoms with E-state index in [9.17, 15) is 0 Å². The van der Waals surface area contributed by atoms with Crippen molar-refractivity contribution < 1.29 is 0 Å². The summed E-state index contributed by atoms with van der Waals surface area (Å²) in [6, 6.07) is 84.6. The molecule has 0 N–H and O–H groups in total. The fourth-order valence-electron chi connectivity index (χ4n) is 10.2. The minimum Gasteiger partial charge on any atom is -0.310 e. The number of nitrogens with zero attached hydrogens (tertiary/aromatic N) is 2. The Bertz CT molecular complexity index is 3480. The second kappa shape index (κ2) is 14.6. The van der Waals surface area contributed by atoms with Gasteiger partial charge in [0.1, 0.15) is 0 Å². The molecule has 11 aromatic rings. The van der Waals surface area contributed by atoms with Crippen LogP contribution in [0.4, 0.5) is 17.1 Å². The van der Waals surface area contributed by atoms with E-state index < -0.39 is 0 Å². The third-order valence-corrected chi connectivity index (χ3v) is 13.4. The molecule has 0 spiro atoms. The van der Waals surface area contributed by atoms with E-state index in [-0.39, 0.29) is 5.41 Å². The Labute approximate surface area is 368 Å². The number of anilines is 3. The third-order valence-electron chi connectivity index (χ3n) is 13.4. The second-order valence-corrected chi connectivity index (χ2v) is 17.4. The van der Waals surface area contributed by atoms with Crippen LogP contribution < -0.4 is 4.90 Å². The van der Waals surface area contributed by atoms with Crippen molar-refractivity contribution in [2.24, 2.45) is 0 Å². The zero-order valence-electron chi connectivity index (χ0n) is 35.3. The summed E-state index contributed by atoms with van der Waals surface area (Å²) >= 11 is 0. The van der Waals surface area contributed by atoms with Crippen molar-refractivity contribution >= 4 is 49.6 Å². The summed E-state index contributed by atoms with van der Waals surface area (Å²) in [4.78, 5) is 2.43. The Hall–Kier alpha value is -7.94. The summed E-state index contributed by atoms with van der Waals surface area (Å²) in [5.41, 5.74) is 19.3. The van der Waals surface area contributed by atoms with Gasteiger partial charge in [-0.1, -0.05) is 178 Å². The van der Waals surface area contributed by atoms with Gasteiger partial charge in [0.05, 0.1) is 11.0 Å². The molecule has 0 radical (unpaired) electrons. The molecular formula is C61H44N2. The molecule has 0 atom stereocenters. The molecule has 1 aromatic heterocycles. The highest BCUT2D eigenvalue weighted by atomic mass is 15.1. The zero-order valence-corrected chi connectivity index (χ0v) is 35.3. The topological polar surface area (TPSA) is 8.17 Å². The number of hydrogen-bond acceptors (Lipinski definition) is 1. The van der Waals surface area contributed by atoms with Crippen LogP contribution in [0.25, 0.3) is 82.8 Å². The van der Waals surface area contributed by atoms with Gasteiger partial charge in [0.15, 0.2) is 0 Å². The van der Waals surface area contributed by atoms with Gasteiger partial charge in [0, 0.05) is 38.9 Å². The van der Waals surface area contributed by atoms with Gasteiger partial charge in [0.2, 0.25) is 0 Å². The molecule has 2 heteroatoms. The van der Waals surface area contributed by atoms with E-state index in [1.165, 1.54) is 93.9 Å². The Morgan fingerprint density at radius 1 is 0.333 bits per heavy atom. The van der Waals surface area contributed by atoms with Crippen LogP contribution in [0.1, 0.15) is 25.0 Å². The van der Waals surface area contributed by atoms with E-state index >= 15 is 0 Å². The largest absolute Gasteiger partial charge is 0.310 e. The van der Waals surface area contributed by atoms with Gasteiger partial charge in [-0.05, 0) is 133 Å². The van der Waals surface area contributed by atoms with Crippen molar-refractivity contribution in [3.63, 3.8) is 0 Å². The minimum atomic E-state index is -0.237. The quantitative estimate of drug-likeness (QED) is 0.156. The third kappa shape index (κ3) is 6.09. The van der Waals surface area contributed by atoms with Crippen LogP contribution in [0.3, 0.4) is 0 Å². The number of aromatic nitrogens is 1. The molecule has 0 saturated carbocycles. The SMILES string of the molecule is CC1(C)c2cc(N(c3ccc(-c4cccc5ccccc45)cc3)c3cccc(-c4cccc(-c5ccccc5)c4)c3)ccc2-c2ccc(-n3c4ccccc4c4ccccc43)cc21. The summed E-state index contributed by atoms with van der Waals surface area (Å²) in [6.45, 7) is 4.78. The molecule has 0 fully saturated rings. The van der Waals surface area contributed by atoms with Gasteiger partial charge in [-0.15, -0.1) is 0 Å². The van der Waals surface area contributed by atoms with Crippen molar-refractivity contribution in [2.75, 3.05) is 4.90 Å². The molecule has 1 aliphatic rings. The Morgan fingerprint density at radius 2 is 0.857 bits per heavy atom. The molecule has 1 heterocycles. The lowest BCUT2D eigenvalue weighted by Gasteiger charge is -2.29. The van der Waals surface area contributed by atoms with Gasteiger partial charge < -0.3 is 9.47 Å². The molecule has 0 aliphatic heterocycles. The van der Waals surface area contributed by atoms with Crippen LogP contribution in [-0.4, -0.2) is 4.57 Å². The van der Waals surface area contributed by atoms with E-state index in [1.54, 1.807) is 0 Å². The summed E-state index contributed by atoms with van der Waals surface area (Å²) in [5.74, 6) is 0. The molecule has 1 aliphatic carbocycles. The molecule has 298 valence electrons. The maximum absolute atomic E-state index is 2.44. The zero-order chi connectivity index (χ0) is 42.1. The van der Waals surface area contributed by atoms with Gasteiger partial charge in [-0.2, -0.15) is 0 Å². The van der Waals surface area contributed by atoms with Crippen LogP contribution in [0.5, 0.6) is 0 Å². The monoisotopic (exact) mass is 804 g/mol. The number of para-hydroxylation sites is 2. The molecular weight excluding hydrogens is 761 g/mol. The molecule has 0 amide bonds. The molecule has 0 bridgehead atoms. The first kappa shape index (κ1) is 36.9. The number of benzene rings is 10. The molecule has 12 rings (SSSR count). The molecule has 10 aromatic carbocycles. The lowest BCUT2D eigenvalue weighted by atomic mass is 9.82. The Kier molecular flexibility index (Phi) is 8.55. The highest BCUT2D eigenvalue weighted by molar-refractivity contribution is 6.09. The highest BCUT2D eigenvalue weighted by Crippen LogP contribution is 2.52. The van der Waals surface area contributed by atoms with Crippen molar-refractivity contribution in [3.05, 3.63) is 242 Å². The number of fused-ring (bicyclic) bond motifs is 7. The number of rotatable bonds is 7. The van der Waals surface area contributed by atoms with E-state index in [2.05, 4.69) is 254 Å². The molecule has 2 nitrogen and oxygen atoms in total. The van der Waals surface area contributed by atoms with Gasteiger partial charge in [0.25, 0.3) is 0 Å². The van der Waals surface area contributed by atoms with Gasteiger partial charge >= 0.3 is 0 Å². The standard InChI is InChI=1S/C61H44N2/c1-61(2)57-39-49(33-35-53(57)54-36-34-50(40-58(54)61)63-59-27-10-8-24-55(59)56-25-9-11-28-60(56)63)62(47-31-29-43(30-32-47)52-26-14-18-42-17-6-7-23-51(42)52)48-22-13-21-46(38-48)45-20-12-19-44(37-45)41-15-4-3-5-16-41/h3-40H,1-2H3. The van der Waals surface area contributed by atoms with Crippen molar-refractivity contribution in [1.82, 2.24) is 4.57 Å². The average Bonchev–Trinajstić information content (AvgIpc) is 3.80. The predicted octanol–water partition coefficient (Wildman–Crippen LogP) is 16.7. The first-order chi connectivity index (χ1) is 31.0. The normalized spacial score (nSPS) is 12.7. The van der Waals surface area contributed by atoms with Crippen molar-refractivity contribution in [3.8, 4) is 50.2 Å².